The van der Waals surface area contributed by atoms with E-state index in [0.717, 1.165) is 5.92 Å². The second-order valence-corrected chi connectivity index (χ2v) is 5.45. The van der Waals surface area contributed by atoms with Crippen molar-refractivity contribution in [1.82, 2.24) is 10.2 Å². The van der Waals surface area contributed by atoms with Crippen LogP contribution in [0, 0.1) is 5.92 Å². The number of likely N-dealkylation sites (N-methyl/N-ethyl adjacent to an activating group) is 1. The maximum atomic E-state index is 11.8. The van der Waals surface area contributed by atoms with E-state index in [1.54, 1.807) is 0 Å². The smallest absolute Gasteiger partial charge is 0.236 e. The van der Waals surface area contributed by atoms with Gasteiger partial charge in [0, 0.05) is 19.1 Å². The Morgan fingerprint density at radius 1 is 1.31 bits per heavy atom. The average Bonchev–Trinajstić information content (AvgIpc) is 2.99. The normalized spacial score (nSPS) is 23.4. The van der Waals surface area contributed by atoms with Gasteiger partial charge in [-0.05, 0) is 38.5 Å². The molecule has 0 aromatic heterocycles. The summed E-state index contributed by atoms with van der Waals surface area (Å²) in [7, 11) is 1.93. The van der Waals surface area contributed by atoms with Crippen molar-refractivity contribution < 1.29 is 4.79 Å². The van der Waals surface area contributed by atoms with E-state index in [1.165, 1.54) is 38.5 Å². The molecule has 0 aliphatic heterocycles. The third kappa shape index (κ3) is 2.97. The Bertz CT molecular complexity index is 244. The molecule has 0 heterocycles. The number of rotatable bonds is 5. The van der Waals surface area contributed by atoms with E-state index < -0.39 is 0 Å². The Kier molecular flexibility index (Phi) is 3.85. The molecular formula is C13H24N2O. The van der Waals surface area contributed by atoms with Crippen LogP contribution in [0.4, 0.5) is 0 Å². The quantitative estimate of drug-likeness (QED) is 0.772. The molecule has 1 amide bonds. The molecule has 0 saturated heterocycles. The first kappa shape index (κ1) is 11.9. The maximum Gasteiger partial charge on any atom is 0.236 e. The van der Waals surface area contributed by atoms with Crippen LogP contribution in [0.5, 0.6) is 0 Å². The lowest BCUT2D eigenvalue weighted by molar-refractivity contribution is -0.129. The second kappa shape index (κ2) is 5.17. The minimum atomic E-state index is 0.257. The van der Waals surface area contributed by atoms with Crippen LogP contribution in [-0.4, -0.2) is 36.5 Å². The Balaban J connectivity index is 1.67. The van der Waals surface area contributed by atoms with Gasteiger partial charge in [-0.2, -0.15) is 0 Å². The van der Waals surface area contributed by atoms with Crippen molar-refractivity contribution in [1.29, 1.82) is 0 Å². The molecule has 0 aromatic carbocycles. The van der Waals surface area contributed by atoms with Gasteiger partial charge in [0.05, 0.1) is 6.54 Å². The highest BCUT2D eigenvalue weighted by Gasteiger charge is 2.29. The summed E-state index contributed by atoms with van der Waals surface area (Å²) in [5, 5.41) is 3.40. The van der Waals surface area contributed by atoms with Gasteiger partial charge >= 0.3 is 0 Å². The van der Waals surface area contributed by atoms with Gasteiger partial charge in [-0.3, -0.25) is 4.79 Å². The standard InChI is InChI=1S/C13H24N2O/c1-10(11-5-3-4-6-11)14-9-13(16)15(2)12-7-8-12/h10-12,14H,3-9H2,1-2H3/t10-/m0/s1. The van der Waals surface area contributed by atoms with Crippen LogP contribution in [0.25, 0.3) is 0 Å². The maximum absolute atomic E-state index is 11.8. The van der Waals surface area contributed by atoms with Crippen LogP contribution in [-0.2, 0) is 4.79 Å². The molecular weight excluding hydrogens is 200 g/mol. The number of nitrogens with zero attached hydrogens (tertiary/aromatic N) is 1. The van der Waals surface area contributed by atoms with Gasteiger partial charge in [0.1, 0.15) is 0 Å². The lowest BCUT2D eigenvalue weighted by atomic mass is 10.00. The number of nitrogens with one attached hydrogen (secondary N) is 1. The molecule has 0 bridgehead atoms. The summed E-state index contributed by atoms with van der Waals surface area (Å²) < 4.78 is 0. The predicted octanol–water partition coefficient (Wildman–Crippen LogP) is 1.78. The van der Waals surface area contributed by atoms with E-state index in [0.29, 0.717) is 18.6 Å². The van der Waals surface area contributed by atoms with Crippen molar-refractivity contribution in [2.75, 3.05) is 13.6 Å². The van der Waals surface area contributed by atoms with Crippen molar-refractivity contribution >= 4 is 5.91 Å². The average molecular weight is 224 g/mol. The summed E-state index contributed by atoms with van der Waals surface area (Å²) in [5.41, 5.74) is 0. The van der Waals surface area contributed by atoms with Gasteiger partial charge < -0.3 is 10.2 Å². The summed E-state index contributed by atoms with van der Waals surface area (Å²) in [6.45, 7) is 2.74. The van der Waals surface area contributed by atoms with Crippen LogP contribution in [0.3, 0.4) is 0 Å². The first-order valence-corrected chi connectivity index (χ1v) is 6.67. The number of carbonyl (C=O) groups excluding carboxylic acids is 1. The number of amides is 1. The number of carbonyl (C=O) groups is 1. The third-order valence-corrected chi connectivity index (χ3v) is 4.17. The zero-order chi connectivity index (χ0) is 11.5. The van der Waals surface area contributed by atoms with Gasteiger partial charge in [-0.15, -0.1) is 0 Å². The molecule has 0 unspecified atom stereocenters. The minimum Gasteiger partial charge on any atom is -0.342 e. The fraction of sp³-hybridized carbons (Fsp3) is 0.923. The number of hydrogen-bond acceptors (Lipinski definition) is 2. The van der Waals surface area contributed by atoms with Crippen molar-refractivity contribution in [2.24, 2.45) is 5.92 Å². The molecule has 3 heteroatoms. The third-order valence-electron chi connectivity index (χ3n) is 4.17. The highest BCUT2D eigenvalue weighted by Crippen LogP contribution is 2.27. The summed E-state index contributed by atoms with van der Waals surface area (Å²) in [4.78, 5) is 13.7. The molecule has 0 radical (unpaired) electrons. The molecule has 92 valence electrons. The van der Waals surface area contributed by atoms with E-state index in [2.05, 4.69) is 12.2 Å². The fourth-order valence-electron chi connectivity index (χ4n) is 2.66. The zero-order valence-corrected chi connectivity index (χ0v) is 10.5. The summed E-state index contributed by atoms with van der Waals surface area (Å²) in [5.74, 6) is 1.05. The van der Waals surface area contributed by atoms with Gasteiger partial charge in [-0.25, -0.2) is 0 Å². The first-order valence-electron chi connectivity index (χ1n) is 6.67. The molecule has 16 heavy (non-hydrogen) atoms. The second-order valence-electron chi connectivity index (χ2n) is 5.45. The van der Waals surface area contributed by atoms with Crippen molar-refractivity contribution in [3.05, 3.63) is 0 Å². The molecule has 1 N–H and O–H groups in total. The Morgan fingerprint density at radius 3 is 2.50 bits per heavy atom. The molecule has 2 rings (SSSR count). The van der Waals surface area contributed by atoms with Gasteiger partial charge in [0.15, 0.2) is 0 Å². The van der Waals surface area contributed by atoms with E-state index in [4.69, 9.17) is 0 Å². The van der Waals surface area contributed by atoms with Crippen LogP contribution in [0.1, 0.15) is 45.4 Å². The Morgan fingerprint density at radius 2 is 1.94 bits per heavy atom. The summed E-state index contributed by atoms with van der Waals surface area (Å²) in [6.07, 6.45) is 7.79. The fourth-order valence-corrected chi connectivity index (χ4v) is 2.66. The van der Waals surface area contributed by atoms with E-state index in [-0.39, 0.29) is 5.91 Å². The molecule has 1 atom stereocenters. The van der Waals surface area contributed by atoms with Crippen LogP contribution in [0.15, 0.2) is 0 Å². The molecule has 2 aliphatic carbocycles. The molecule has 2 aliphatic rings. The Hall–Kier alpha value is -0.570. The topological polar surface area (TPSA) is 32.3 Å². The summed E-state index contributed by atoms with van der Waals surface area (Å²) in [6, 6.07) is 1.04. The Labute approximate surface area is 98.6 Å². The van der Waals surface area contributed by atoms with E-state index in [9.17, 15) is 4.79 Å². The SMILES string of the molecule is C[C@H](NCC(=O)N(C)C1CC1)C1CCCC1. The van der Waals surface area contributed by atoms with E-state index in [1.807, 2.05) is 11.9 Å². The highest BCUT2D eigenvalue weighted by atomic mass is 16.2. The molecule has 2 saturated carbocycles. The highest BCUT2D eigenvalue weighted by molar-refractivity contribution is 5.78. The van der Waals surface area contributed by atoms with Crippen LogP contribution >= 0.6 is 0 Å². The monoisotopic (exact) mass is 224 g/mol. The van der Waals surface area contributed by atoms with Gasteiger partial charge in [-0.1, -0.05) is 12.8 Å². The van der Waals surface area contributed by atoms with Crippen molar-refractivity contribution in [3.63, 3.8) is 0 Å². The van der Waals surface area contributed by atoms with Gasteiger partial charge in [0.25, 0.3) is 0 Å². The molecule has 0 spiro atoms. The summed E-state index contributed by atoms with van der Waals surface area (Å²) >= 11 is 0. The van der Waals surface area contributed by atoms with E-state index >= 15 is 0 Å². The molecule has 3 nitrogen and oxygen atoms in total. The predicted molar refractivity (Wildman–Crippen MR) is 65.2 cm³/mol. The van der Waals surface area contributed by atoms with Crippen LogP contribution in [0.2, 0.25) is 0 Å². The van der Waals surface area contributed by atoms with Crippen molar-refractivity contribution in [2.45, 2.75) is 57.5 Å². The lowest BCUT2D eigenvalue weighted by Crippen LogP contribution is -2.42. The van der Waals surface area contributed by atoms with Gasteiger partial charge in [0.2, 0.25) is 5.91 Å². The molecule has 0 aromatic rings. The van der Waals surface area contributed by atoms with Crippen LogP contribution < -0.4 is 5.32 Å². The lowest BCUT2D eigenvalue weighted by Gasteiger charge is -2.22. The number of hydrogen-bond donors (Lipinski definition) is 1. The molecule has 2 fully saturated rings. The zero-order valence-electron chi connectivity index (χ0n) is 10.5. The van der Waals surface area contributed by atoms with Crippen molar-refractivity contribution in [3.8, 4) is 0 Å². The largest absolute Gasteiger partial charge is 0.342 e. The minimum absolute atomic E-state index is 0.257. The first-order chi connectivity index (χ1) is 7.68.